The van der Waals surface area contributed by atoms with Crippen molar-refractivity contribution in [2.45, 2.75) is 4.90 Å². The Morgan fingerprint density at radius 1 is 0.912 bits per heavy atom. The van der Waals surface area contributed by atoms with E-state index in [0.29, 0.717) is 11.3 Å². The summed E-state index contributed by atoms with van der Waals surface area (Å²) in [6.07, 6.45) is 1.50. The average Bonchev–Trinajstić information content (AvgIpc) is 3.08. The lowest BCUT2D eigenvalue weighted by molar-refractivity contribution is -0.127. The number of hydrogen-bond acceptors (Lipinski definition) is 7. The van der Waals surface area contributed by atoms with E-state index in [0.717, 1.165) is 16.7 Å². The van der Waals surface area contributed by atoms with Crippen LogP contribution in [0.5, 0.6) is 5.75 Å². The van der Waals surface area contributed by atoms with E-state index < -0.39 is 33.7 Å². The number of carbonyl (C=O) groups excluding carboxylic acids is 3. The Balaban J connectivity index is 1.41. The zero-order valence-corrected chi connectivity index (χ0v) is 19.2. The number of anilines is 1. The highest BCUT2D eigenvalue weighted by Gasteiger charge is 2.36. The highest BCUT2D eigenvalue weighted by Crippen LogP contribution is 2.32. The molecule has 3 amide bonds. The van der Waals surface area contributed by atoms with Gasteiger partial charge in [-0.2, -0.15) is 8.42 Å². The van der Waals surface area contributed by atoms with Gasteiger partial charge in [-0.25, -0.2) is 0 Å². The first kappa shape index (κ1) is 23.3. The quantitative estimate of drug-likeness (QED) is 0.388. The number of imide groups is 1. The van der Waals surface area contributed by atoms with Crippen LogP contribution in [0.2, 0.25) is 0 Å². The van der Waals surface area contributed by atoms with Crippen LogP contribution in [-0.2, 0) is 19.7 Å². The summed E-state index contributed by atoms with van der Waals surface area (Å²) >= 11 is 0.728. The van der Waals surface area contributed by atoms with E-state index in [4.69, 9.17) is 4.18 Å². The number of benzene rings is 3. The number of amides is 3. The summed E-state index contributed by atoms with van der Waals surface area (Å²) in [7, 11) is -3.97. The van der Waals surface area contributed by atoms with Gasteiger partial charge in [0.1, 0.15) is 17.2 Å². The Hall–Kier alpha value is -3.89. The number of para-hydroxylation sites is 1. The van der Waals surface area contributed by atoms with Crippen LogP contribution in [0.25, 0.3) is 6.08 Å². The van der Waals surface area contributed by atoms with Crippen LogP contribution in [0.3, 0.4) is 0 Å². The van der Waals surface area contributed by atoms with Gasteiger partial charge in [0, 0.05) is 5.69 Å². The summed E-state index contributed by atoms with van der Waals surface area (Å²) in [5.74, 6) is -0.965. The van der Waals surface area contributed by atoms with Gasteiger partial charge in [-0.05, 0) is 59.8 Å². The molecule has 1 N–H and O–H groups in total. The minimum Gasteiger partial charge on any atom is -0.379 e. The molecule has 3 aromatic carbocycles. The van der Waals surface area contributed by atoms with Gasteiger partial charge < -0.3 is 9.50 Å². The second-order valence-electron chi connectivity index (χ2n) is 7.10. The van der Waals surface area contributed by atoms with Gasteiger partial charge in [0.15, 0.2) is 0 Å². The Bertz CT molecular complexity index is 1360. The molecule has 0 spiro atoms. The molecule has 8 nitrogen and oxygen atoms in total. The lowest BCUT2D eigenvalue weighted by atomic mass is 10.2. The van der Waals surface area contributed by atoms with E-state index in [1.807, 2.05) is 0 Å². The summed E-state index contributed by atoms with van der Waals surface area (Å²) in [5, 5.41) is 2.09. The molecule has 1 aliphatic heterocycles. The number of thioether (sulfide) groups is 1. The van der Waals surface area contributed by atoms with Crippen molar-refractivity contribution in [2.75, 3.05) is 11.9 Å². The second-order valence-corrected chi connectivity index (χ2v) is 9.64. The highest BCUT2D eigenvalue weighted by atomic mass is 32.2. The predicted octanol–water partition coefficient (Wildman–Crippen LogP) is 4.13. The fraction of sp³-hybridized carbons (Fsp3) is 0.0417. The van der Waals surface area contributed by atoms with Crippen molar-refractivity contribution in [1.82, 2.24) is 4.90 Å². The average molecular weight is 495 g/mol. The van der Waals surface area contributed by atoms with Gasteiger partial charge in [0.05, 0.1) is 4.91 Å². The van der Waals surface area contributed by atoms with Gasteiger partial charge in [-0.15, -0.1) is 0 Å². The number of nitrogens with zero attached hydrogens (tertiary/aromatic N) is 1. The Kier molecular flexibility index (Phi) is 6.80. The van der Waals surface area contributed by atoms with Crippen molar-refractivity contribution in [1.29, 1.82) is 0 Å². The molecule has 34 heavy (non-hydrogen) atoms. The highest BCUT2D eigenvalue weighted by molar-refractivity contribution is 8.18. The lowest BCUT2D eigenvalue weighted by Gasteiger charge is -2.12. The molecular weight excluding hydrogens is 476 g/mol. The van der Waals surface area contributed by atoms with Crippen molar-refractivity contribution in [3.8, 4) is 5.75 Å². The molecular formula is C24H18N2O6S2. The molecule has 0 unspecified atom stereocenters. The van der Waals surface area contributed by atoms with E-state index >= 15 is 0 Å². The van der Waals surface area contributed by atoms with Gasteiger partial charge in [-0.3, -0.25) is 19.3 Å². The van der Waals surface area contributed by atoms with Crippen LogP contribution in [0.15, 0.2) is 94.7 Å². The molecule has 0 aromatic heterocycles. The first-order valence-electron chi connectivity index (χ1n) is 10.0. The Labute approximate surface area is 200 Å². The van der Waals surface area contributed by atoms with Gasteiger partial charge in [0.2, 0.25) is 5.91 Å². The fourth-order valence-electron chi connectivity index (χ4n) is 3.03. The van der Waals surface area contributed by atoms with E-state index in [1.54, 1.807) is 60.7 Å². The molecule has 4 rings (SSSR count). The third-order valence-electron chi connectivity index (χ3n) is 4.65. The Morgan fingerprint density at radius 2 is 1.53 bits per heavy atom. The molecule has 1 fully saturated rings. The summed E-state index contributed by atoms with van der Waals surface area (Å²) in [5.41, 5.74) is 1.12. The smallest absolute Gasteiger partial charge is 0.339 e. The number of nitrogens with one attached hydrogen (secondary N) is 1. The maximum Gasteiger partial charge on any atom is 0.339 e. The molecule has 0 atom stereocenters. The van der Waals surface area contributed by atoms with Gasteiger partial charge in [-0.1, -0.05) is 48.5 Å². The van der Waals surface area contributed by atoms with Crippen LogP contribution in [0, 0.1) is 0 Å². The van der Waals surface area contributed by atoms with E-state index in [2.05, 4.69) is 5.32 Å². The molecule has 1 heterocycles. The molecule has 0 bridgehead atoms. The van der Waals surface area contributed by atoms with E-state index in [1.165, 1.54) is 30.3 Å². The Morgan fingerprint density at radius 3 is 2.18 bits per heavy atom. The second kappa shape index (κ2) is 9.94. The molecule has 1 aliphatic rings. The standard InChI is InChI=1S/C24H18N2O6S2/c27-22(25-18-7-3-1-4-8-18)16-26-23(28)21(33-24(26)29)15-17-11-13-19(14-12-17)32-34(30,31)20-9-5-2-6-10-20/h1-15H,16H2,(H,25,27)/b21-15-. The monoisotopic (exact) mass is 494 g/mol. The summed E-state index contributed by atoms with van der Waals surface area (Å²) in [4.78, 5) is 38.2. The largest absolute Gasteiger partial charge is 0.379 e. The van der Waals surface area contributed by atoms with E-state index in [-0.39, 0.29) is 15.6 Å². The normalized spacial score (nSPS) is 14.9. The molecule has 172 valence electrons. The zero-order valence-electron chi connectivity index (χ0n) is 17.6. The van der Waals surface area contributed by atoms with Gasteiger partial charge in [0.25, 0.3) is 11.1 Å². The summed E-state index contributed by atoms with van der Waals surface area (Å²) < 4.78 is 29.8. The van der Waals surface area contributed by atoms with Crippen molar-refractivity contribution < 1.29 is 27.0 Å². The van der Waals surface area contributed by atoms with Crippen molar-refractivity contribution in [2.24, 2.45) is 0 Å². The van der Waals surface area contributed by atoms with Crippen LogP contribution in [0.1, 0.15) is 5.56 Å². The third kappa shape index (κ3) is 5.53. The zero-order chi connectivity index (χ0) is 24.1. The summed E-state index contributed by atoms with van der Waals surface area (Å²) in [6, 6.07) is 22.5. The SMILES string of the molecule is O=C(CN1C(=O)S/C(=C\c2ccc(OS(=O)(=O)c3ccccc3)cc2)C1=O)Nc1ccccc1. The van der Waals surface area contributed by atoms with Crippen LogP contribution in [-0.4, -0.2) is 36.9 Å². The van der Waals surface area contributed by atoms with Crippen molar-refractivity contribution in [3.63, 3.8) is 0 Å². The van der Waals surface area contributed by atoms with E-state index in [9.17, 15) is 22.8 Å². The first-order valence-corrected chi connectivity index (χ1v) is 12.2. The number of rotatable bonds is 7. The van der Waals surface area contributed by atoms with Crippen LogP contribution in [0.4, 0.5) is 10.5 Å². The predicted molar refractivity (Wildman–Crippen MR) is 128 cm³/mol. The molecule has 1 saturated heterocycles. The fourth-order valence-corrected chi connectivity index (χ4v) is 4.82. The molecule has 0 radical (unpaired) electrons. The van der Waals surface area contributed by atoms with Crippen molar-refractivity contribution in [3.05, 3.63) is 95.4 Å². The maximum absolute atomic E-state index is 12.7. The lowest BCUT2D eigenvalue weighted by Crippen LogP contribution is -2.36. The van der Waals surface area contributed by atoms with Crippen LogP contribution < -0.4 is 9.50 Å². The minimum absolute atomic E-state index is 0.0315. The van der Waals surface area contributed by atoms with Crippen LogP contribution >= 0.6 is 11.8 Å². The topological polar surface area (TPSA) is 110 Å². The number of hydrogen-bond donors (Lipinski definition) is 1. The first-order chi connectivity index (χ1) is 16.3. The third-order valence-corrected chi connectivity index (χ3v) is 6.82. The minimum atomic E-state index is -3.97. The molecule has 10 heteroatoms. The molecule has 3 aromatic rings. The molecule has 0 saturated carbocycles. The van der Waals surface area contributed by atoms with Gasteiger partial charge >= 0.3 is 10.1 Å². The number of carbonyl (C=O) groups is 3. The maximum atomic E-state index is 12.7. The summed E-state index contributed by atoms with van der Waals surface area (Å²) in [6.45, 7) is -0.402. The molecule has 0 aliphatic carbocycles. The van der Waals surface area contributed by atoms with Crippen molar-refractivity contribution >= 4 is 50.7 Å².